The van der Waals surface area contributed by atoms with Gasteiger partial charge in [0.2, 0.25) is 6.79 Å². The molecule has 4 rings (SSSR count). The first-order valence-corrected chi connectivity index (χ1v) is 12.9. The first kappa shape index (κ1) is 24.9. The van der Waals surface area contributed by atoms with E-state index in [-0.39, 0.29) is 12.7 Å². The molecule has 1 aliphatic heterocycles. The molecule has 1 aliphatic rings. The smallest absolute Gasteiger partial charge is 0.251 e. The summed E-state index contributed by atoms with van der Waals surface area (Å²) in [7, 11) is 2.07. The van der Waals surface area contributed by atoms with Gasteiger partial charge in [0, 0.05) is 43.2 Å². The standard InChI is InChI=1S/C27H32N4O3S/c1-5-12-31(4)25-14-22(18(2)3)29-27(30-25)35-16-19-6-9-21(10-7-19)26(32)28-15-20-8-11-23-24(13-20)34-17-33-23/h6-11,13-14,18H,5,12,15-17H2,1-4H3,(H,28,32). The van der Waals surface area contributed by atoms with Gasteiger partial charge in [0.25, 0.3) is 5.91 Å². The topological polar surface area (TPSA) is 76.6 Å². The Morgan fingerprint density at radius 3 is 2.54 bits per heavy atom. The largest absolute Gasteiger partial charge is 0.454 e. The van der Waals surface area contributed by atoms with Crippen LogP contribution >= 0.6 is 11.8 Å². The van der Waals surface area contributed by atoms with Gasteiger partial charge in [-0.25, -0.2) is 9.97 Å². The third kappa shape index (κ3) is 6.45. The third-order valence-corrected chi connectivity index (χ3v) is 6.65. The molecule has 184 valence electrons. The zero-order chi connectivity index (χ0) is 24.8. The van der Waals surface area contributed by atoms with Crippen molar-refractivity contribution in [2.24, 2.45) is 0 Å². The molecular formula is C27H32N4O3S. The molecule has 0 aliphatic carbocycles. The number of benzene rings is 2. The van der Waals surface area contributed by atoms with Crippen LogP contribution in [0, 0.1) is 0 Å². The van der Waals surface area contributed by atoms with Gasteiger partial charge in [0.05, 0.1) is 0 Å². The number of carbonyl (C=O) groups is 1. The number of carbonyl (C=O) groups excluding carboxylic acids is 1. The van der Waals surface area contributed by atoms with E-state index in [4.69, 9.17) is 19.4 Å². The normalized spacial score (nSPS) is 12.1. The van der Waals surface area contributed by atoms with E-state index in [0.29, 0.717) is 23.8 Å². The summed E-state index contributed by atoms with van der Waals surface area (Å²) < 4.78 is 10.7. The maximum atomic E-state index is 12.6. The number of ether oxygens (including phenoxy) is 2. The third-order valence-electron chi connectivity index (χ3n) is 5.73. The van der Waals surface area contributed by atoms with Gasteiger partial charge in [-0.15, -0.1) is 0 Å². The first-order chi connectivity index (χ1) is 16.9. The van der Waals surface area contributed by atoms with Gasteiger partial charge in [-0.2, -0.15) is 0 Å². The molecule has 0 spiro atoms. The van der Waals surface area contributed by atoms with Crippen molar-refractivity contribution in [3.8, 4) is 11.5 Å². The van der Waals surface area contributed by atoms with Crippen LogP contribution < -0.4 is 19.7 Å². The van der Waals surface area contributed by atoms with Gasteiger partial charge in [-0.05, 0) is 47.7 Å². The van der Waals surface area contributed by atoms with Crippen LogP contribution in [0.3, 0.4) is 0 Å². The van der Waals surface area contributed by atoms with Crippen molar-refractivity contribution in [1.29, 1.82) is 0 Å². The summed E-state index contributed by atoms with van der Waals surface area (Å²) in [5.74, 6) is 3.37. The molecule has 2 heterocycles. The minimum absolute atomic E-state index is 0.113. The number of nitrogens with zero attached hydrogens (tertiary/aromatic N) is 3. The van der Waals surface area contributed by atoms with E-state index < -0.39 is 0 Å². The van der Waals surface area contributed by atoms with Crippen LogP contribution in [0.2, 0.25) is 0 Å². The molecule has 35 heavy (non-hydrogen) atoms. The summed E-state index contributed by atoms with van der Waals surface area (Å²) in [6.07, 6.45) is 1.07. The molecule has 2 aromatic carbocycles. The van der Waals surface area contributed by atoms with Crippen molar-refractivity contribution >= 4 is 23.5 Å². The van der Waals surface area contributed by atoms with Crippen molar-refractivity contribution in [3.63, 3.8) is 0 Å². The highest BCUT2D eigenvalue weighted by Gasteiger charge is 2.14. The number of hydrogen-bond acceptors (Lipinski definition) is 7. The van der Waals surface area contributed by atoms with Gasteiger partial charge >= 0.3 is 0 Å². The van der Waals surface area contributed by atoms with E-state index in [1.54, 1.807) is 11.8 Å². The van der Waals surface area contributed by atoms with Crippen molar-refractivity contribution in [3.05, 3.63) is 70.9 Å². The summed E-state index contributed by atoms with van der Waals surface area (Å²) in [5, 5.41) is 3.74. The second-order valence-electron chi connectivity index (χ2n) is 8.87. The van der Waals surface area contributed by atoms with Crippen LogP contribution in [-0.2, 0) is 12.3 Å². The highest BCUT2D eigenvalue weighted by molar-refractivity contribution is 7.98. The predicted molar refractivity (Wildman–Crippen MR) is 139 cm³/mol. The van der Waals surface area contributed by atoms with Crippen molar-refractivity contribution in [2.75, 3.05) is 25.3 Å². The van der Waals surface area contributed by atoms with Crippen LogP contribution in [0.1, 0.15) is 60.3 Å². The van der Waals surface area contributed by atoms with E-state index in [1.165, 1.54) is 0 Å². The molecule has 7 nitrogen and oxygen atoms in total. The van der Waals surface area contributed by atoms with Gasteiger partial charge in [0.15, 0.2) is 16.7 Å². The zero-order valence-corrected chi connectivity index (χ0v) is 21.5. The molecule has 0 atom stereocenters. The molecular weight excluding hydrogens is 460 g/mol. The number of amides is 1. The summed E-state index contributed by atoms with van der Waals surface area (Å²) in [5.41, 5.74) is 3.75. The first-order valence-electron chi connectivity index (χ1n) is 11.9. The lowest BCUT2D eigenvalue weighted by Gasteiger charge is -2.19. The van der Waals surface area contributed by atoms with E-state index in [1.807, 2.05) is 42.5 Å². The average molecular weight is 493 g/mol. The molecule has 0 unspecified atom stereocenters. The predicted octanol–water partition coefficient (Wildman–Crippen LogP) is 5.40. The Balaban J connectivity index is 1.34. The molecule has 0 fully saturated rings. The number of thioether (sulfide) groups is 1. The van der Waals surface area contributed by atoms with Crippen molar-refractivity contribution in [2.45, 2.75) is 50.6 Å². The van der Waals surface area contributed by atoms with Crippen LogP contribution in [0.25, 0.3) is 0 Å². The average Bonchev–Trinajstić information content (AvgIpc) is 3.34. The minimum Gasteiger partial charge on any atom is -0.454 e. The molecule has 8 heteroatoms. The van der Waals surface area contributed by atoms with Crippen LogP contribution in [-0.4, -0.2) is 36.3 Å². The summed E-state index contributed by atoms with van der Waals surface area (Å²) in [4.78, 5) is 24.3. The molecule has 1 amide bonds. The Kier molecular flexibility index (Phi) is 8.13. The summed E-state index contributed by atoms with van der Waals surface area (Å²) in [6.45, 7) is 8.08. The lowest BCUT2D eigenvalue weighted by molar-refractivity contribution is 0.0951. The van der Waals surface area contributed by atoms with E-state index in [9.17, 15) is 4.79 Å². The van der Waals surface area contributed by atoms with Crippen molar-refractivity contribution in [1.82, 2.24) is 15.3 Å². The number of nitrogens with one attached hydrogen (secondary N) is 1. The number of hydrogen-bond donors (Lipinski definition) is 1. The fraction of sp³-hybridized carbons (Fsp3) is 0.370. The maximum absolute atomic E-state index is 12.6. The van der Waals surface area contributed by atoms with Crippen LogP contribution in [0.15, 0.2) is 53.7 Å². The Hall–Kier alpha value is -3.26. The molecule has 0 radical (unpaired) electrons. The number of aromatic nitrogens is 2. The Morgan fingerprint density at radius 2 is 1.80 bits per heavy atom. The molecule has 0 bridgehead atoms. The Morgan fingerprint density at radius 1 is 1.06 bits per heavy atom. The minimum atomic E-state index is -0.113. The van der Waals surface area contributed by atoms with E-state index >= 15 is 0 Å². The van der Waals surface area contributed by atoms with E-state index in [0.717, 1.165) is 52.3 Å². The molecule has 0 saturated carbocycles. The lowest BCUT2D eigenvalue weighted by Crippen LogP contribution is -2.22. The van der Waals surface area contributed by atoms with Crippen LogP contribution in [0.5, 0.6) is 11.5 Å². The number of fused-ring (bicyclic) bond motifs is 1. The molecule has 0 saturated heterocycles. The second kappa shape index (κ2) is 11.4. The van der Waals surface area contributed by atoms with Crippen molar-refractivity contribution < 1.29 is 14.3 Å². The highest BCUT2D eigenvalue weighted by Crippen LogP contribution is 2.32. The number of anilines is 1. The number of rotatable bonds is 10. The fourth-order valence-electron chi connectivity index (χ4n) is 3.67. The van der Waals surface area contributed by atoms with Gasteiger partial charge in [-0.1, -0.05) is 50.7 Å². The Bertz CT molecular complexity index is 1170. The highest BCUT2D eigenvalue weighted by atomic mass is 32.2. The Labute approximate surface area is 211 Å². The zero-order valence-electron chi connectivity index (χ0n) is 20.7. The van der Waals surface area contributed by atoms with Gasteiger partial charge in [0.1, 0.15) is 5.82 Å². The molecule has 3 aromatic rings. The monoisotopic (exact) mass is 492 g/mol. The SMILES string of the molecule is CCCN(C)c1cc(C(C)C)nc(SCc2ccc(C(=O)NCc3ccc4c(c3)OCO4)cc2)n1. The van der Waals surface area contributed by atoms with E-state index in [2.05, 4.69) is 44.1 Å². The second-order valence-corrected chi connectivity index (χ2v) is 9.81. The summed E-state index contributed by atoms with van der Waals surface area (Å²) >= 11 is 1.61. The van der Waals surface area contributed by atoms with Crippen LogP contribution in [0.4, 0.5) is 5.82 Å². The molecule has 1 aromatic heterocycles. The van der Waals surface area contributed by atoms with Gasteiger partial charge in [-0.3, -0.25) is 4.79 Å². The maximum Gasteiger partial charge on any atom is 0.251 e. The quantitative estimate of drug-likeness (QED) is 0.300. The fourth-order valence-corrected chi connectivity index (χ4v) is 4.49. The summed E-state index contributed by atoms with van der Waals surface area (Å²) in [6, 6.07) is 15.5. The lowest BCUT2D eigenvalue weighted by atomic mass is 10.1. The molecule has 1 N–H and O–H groups in total. The van der Waals surface area contributed by atoms with Gasteiger partial charge < -0.3 is 19.7 Å².